The minimum absolute atomic E-state index is 0.00171. The molecule has 0 bridgehead atoms. The Morgan fingerprint density at radius 1 is 1.31 bits per heavy atom. The fraction of sp³-hybridized carbons (Fsp3) is 0.550. The molecular weight excluding hydrogens is 382 g/mol. The average molecular weight is 408 g/mol. The van der Waals surface area contributed by atoms with Gasteiger partial charge in [0.15, 0.2) is 5.82 Å². The molecule has 1 amide bonds. The van der Waals surface area contributed by atoms with Crippen molar-refractivity contribution >= 4 is 17.1 Å². The van der Waals surface area contributed by atoms with Crippen molar-refractivity contribution in [1.29, 1.82) is 0 Å². The molecule has 1 aromatic carbocycles. The van der Waals surface area contributed by atoms with Gasteiger partial charge >= 0.3 is 6.09 Å². The van der Waals surface area contributed by atoms with Crippen molar-refractivity contribution in [3.8, 4) is 0 Å². The first-order chi connectivity index (χ1) is 13.6. The molecule has 0 radical (unpaired) electrons. The summed E-state index contributed by atoms with van der Waals surface area (Å²) in [6, 6.07) is 1.94. The Hall–Kier alpha value is -2.55. The molecule has 2 unspecified atom stereocenters. The number of fused-ring (bicyclic) bond motifs is 1. The predicted octanol–water partition coefficient (Wildman–Crippen LogP) is 2.65. The van der Waals surface area contributed by atoms with Crippen LogP contribution in [0.5, 0.6) is 0 Å². The van der Waals surface area contributed by atoms with Gasteiger partial charge in [-0.05, 0) is 11.8 Å². The summed E-state index contributed by atoms with van der Waals surface area (Å²) in [4.78, 5) is 29.5. The second-order valence-corrected chi connectivity index (χ2v) is 8.50. The molecule has 2 N–H and O–H groups in total. The quantitative estimate of drug-likeness (QED) is 0.840. The van der Waals surface area contributed by atoms with Gasteiger partial charge < -0.3 is 15.0 Å². The number of benzene rings is 1. The van der Waals surface area contributed by atoms with E-state index in [4.69, 9.17) is 10.5 Å². The number of halogens is 2. The number of likely N-dealkylation sites (tertiary alicyclic amines) is 1. The van der Waals surface area contributed by atoms with Crippen LogP contribution in [0.15, 0.2) is 23.1 Å². The number of primary amides is 1. The van der Waals surface area contributed by atoms with Crippen LogP contribution >= 0.6 is 0 Å². The molecule has 1 aliphatic heterocycles. The highest BCUT2D eigenvalue weighted by atomic mass is 19.1. The van der Waals surface area contributed by atoms with E-state index in [9.17, 15) is 18.4 Å². The molecule has 0 saturated carbocycles. The van der Waals surface area contributed by atoms with Crippen molar-refractivity contribution < 1.29 is 18.3 Å². The van der Waals surface area contributed by atoms with E-state index in [0.29, 0.717) is 25.9 Å². The maximum atomic E-state index is 14.4. The number of aromatic nitrogens is 2. The van der Waals surface area contributed by atoms with Gasteiger partial charge in [0.1, 0.15) is 17.4 Å². The predicted molar refractivity (Wildman–Crippen MR) is 104 cm³/mol. The number of hydrogen-bond donors (Lipinski definition) is 1. The molecule has 2 heterocycles. The number of amides is 1. The lowest BCUT2D eigenvalue weighted by molar-refractivity contribution is -0.0119. The molecular formula is C20H26F2N4O3. The molecule has 1 fully saturated rings. The van der Waals surface area contributed by atoms with E-state index in [2.05, 4.69) is 30.7 Å². The van der Waals surface area contributed by atoms with Crippen LogP contribution in [-0.4, -0.2) is 45.8 Å². The zero-order valence-corrected chi connectivity index (χ0v) is 16.8. The van der Waals surface area contributed by atoms with E-state index in [0.717, 1.165) is 18.3 Å². The summed E-state index contributed by atoms with van der Waals surface area (Å²) in [5, 5.41) is 0. The Balaban J connectivity index is 1.84. The summed E-state index contributed by atoms with van der Waals surface area (Å²) < 4.78 is 34.4. The van der Waals surface area contributed by atoms with Crippen molar-refractivity contribution in [1.82, 2.24) is 14.5 Å². The van der Waals surface area contributed by atoms with Crippen LogP contribution in [-0.2, 0) is 11.3 Å². The first-order valence-corrected chi connectivity index (χ1v) is 9.61. The molecule has 2 atom stereocenters. The Labute approximate surface area is 167 Å². The molecule has 7 nitrogen and oxygen atoms in total. The maximum absolute atomic E-state index is 14.4. The normalized spacial score (nSPS) is 20.7. The molecule has 0 spiro atoms. The van der Waals surface area contributed by atoms with Crippen molar-refractivity contribution in [3.63, 3.8) is 0 Å². The third-order valence-corrected chi connectivity index (χ3v) is 5.42. The highest BCUT2D eigenvalue weighted by Crippen LogP contribution is 2.33. The van der Waals surface area contributed by atoms with Gasteiger partial charge in [-0.25, -0.2) is 18.6 Å². The summed E-state index contributed by atoms with van der Waals surface area (Å²) in [5.74, 6) is -1.55. The summed E-state index contributed by atoms with van der Waals surface area (Å²) >= 11 is 0. The smallest absolute Gasteiger partial charge is 0.404 e. The summed E-state index contributed by atoms with van der Waals surface area (Å²) in [6.45, 7) is 7.64. The number of nitrogens with two attached hydrogens (primary N) is 1. The Kier molecular flexibility index (Phi) is 5.88. The van der Waals surface area contributed by atoms with Crippen LogP contribution in [0.2, 0.25) is 0 Å². The molecule has 9 heteroatoms. The largest absolute Gasteiger partial charge is 0.446 e. The van der Waals surface area contributed by atoms with Crippen molar-refractivity contribution in [2.75, 3.05) is 13.1 Å². The fourth-order valence-electron chi connectivity index (χ4n) is 4.09. The first-order valence-electron chi connectivity index (χ1n) is 9.61. The van der Waals surface area contributed by atoms with Gasteiger partial charge in [-0.3, -0.25) is 9.69 Å². The zero-order valence-electron chi connectivity index (χ0n) is 16.8. The Morgan fingerprint density at radius 3 is 2.69 bits per heavy atom. The highest BCUT2D eigenvalue weighted by Gasteiger charge is 2.37. The minimum atomic E-state index is -0.814. The monoisotopic (exact) mass is 408 g/mol. The van der Waals surface area contributed by atoms with E-state index >= 15 is 0 Å². The standard InChI is InChI=1S/C20H26F2N4O3/c1-20(2,3)16-10-13(29-19(23)28)4-5-25(16)6-7-26-17(27)11-24-15-9-12(21)8-14(22)18(15)26/h8-9,11,13,16H,4-7,10H2,1-3H3,(H2,23,28). The van der Waals surface area contributed by atoms with E-state index < -0.39 is 23.3 Å². The second-order valence-electron chi connectivity index (χ2n) is 8.50. The SMILES string of the molecule is CC(C)(C)C1CC(OC(N)=O)CCN1CCn1c(=O)cnc2cc(F)cc(F)c21. The van der Waals surface area contributed by atoms with E-state index in [1.54, 1.807) is 0 Å². The van der Waals surface area contributed by atoms with Crippen LogP contribution in [0.3, 0.4) is 0 Å². The molecule has 0 aliphatic carbocycles. The van der Waals surface area contributed by atoms with Crippen molar-refractivity contribution in [2.24, 2.45) is 11.1 Å². The molecule has 2 aromatic rings. The Morgan fingerprint density at radius 2 is 2.03 bits per heavy atom. The summed E-state index contributed by atoms with van der Waals surface area (Å²) in [5.41, 5.74) is 4.70. The lowest BCUT2D eigenvalue weighted by Crippen LogP contribution is -2.52. The lowest BCUT2D eigenvalue weighted by atomic mass is 9.79. The number of nitrogens with zero attached hydrogens (tertiary/aromatic N) is 3. The van der Waals surface area contributed by atoms with Crippen LogP contribution in [0, 0.1) is 17.0 Å². The van der Waals surface area contributed by atoms with Gasteiger partial charge in [-0.1, -0.05) is 20.8 Å². The lowest BCUT2D eigenvalue weighted by Gasteiger charge is -2.45. The molecule has 1 saturated heterocycles. The minimum Gasteiger partial charge on any atom is -0.446 e. The topological polar surface area (TPSA) is 90.5 Å². The van der Waals surface area contributed by atoms with Gasteiger partial charge in [0.2, 0.25) is 0 Å². The molecule has 29 heavy (non-hydrogen) atoms. The van der Waals surface area contributed by atoms with Gasteiger partial charge in [-0.15, -0.1) is 0 Å². The van der Waals surface area contributed by atoms with Gasteiger partial charge in [0, 0.05) is 44.2 Å². The van der Waals surface area contributed by atoms with Crippen LogP contribution in [0.25, 0.3) is 11.0 Å². The Bertz CT molecular complexity index is 971. The van der Waals surface area contributed by atoms with Crippen molar-refractivity contribution in [3.05, 3.63) is 40.3 Å². The van der Waals surface area contributed by atoms with E-state index in [1.165, 1.54) is 4.57 Å². The first kappa shape index (κ1) is 21.2. The molecule has 3 rings (SSSR count). The maximum Gasteiger partial charge on any atom is 0.404 e. The number of hydrogen-bond acceptors (Lipinski definition) is 5. The number of carbonyl (C=O) groups is 1. The van der Waals surface area contributed by atoms with Crippen LogP contribution in [0.1, 0.15) is 33.6 Å². The van der Waals surface area contributed by atoms with Gasteiger partial charge in [0.05, 0.1) is 11.7 Å². The third-order valence-electron chi connectivity index (χ3n) is 5.42. The number of carbonyl (C=O) groups excluding carboxylic acids is 1. The number of rotatable bonds is 4. The third kappa shape index (κ3) is 4.72. The molecule has 1 aliphatic rings. The fourth-order valence-corrected chi connectivity index (χ4v) is 4.09. The van der Waals surface area contributed by atoms with E-state index in [-0.39, 0.29) is 35.1 Å². The molecule has 158 valence electrons. The summed E-state index contributed by atoms with van der Waals surface area (Å²) in [7, 11) is 0. The molecule has 1 aromatic heterocycles. The van der Waals surface area contributed by atoms with Gasteiger partial charge in [-0.2, -0.15) is 0 Å². The highest BCUT2D eigenvalue weighted by molar-refractivity contribution is 5.75. The number of piperidine rings is 1. The number of ether oxygens (including phenoxy) is 1. The van der Waals surface area contributed by atoms with E-state index in [1.807, 2.05) is 0 Å². The average Bonchev–Trinajstić information content (AvgIpc) is 2.60. The van der Waals surface area contributed by atoms with Crippen molar-refractivity contribution in [2.45, 2.75) is 52.3 Å². The second kappa shape index (κ2) is 8.06. The summed E-state index contributed by atoms with van der Waals surface area (Å²) in [6.07, 6.45) is 1.29. The van der Waals surface area contributed by atoms with Gasteiger partial charge in [0.25, 0.3) is 5.56 Å². The van der Waals surface area contributed by atoms with Crippen LogP contribution in [0.4, 0.5) is 13.6 Å². The van der Waals surface area contributed by atoms with Crippen LogP contribution < -0.4 is 11.3 Å². The zero-order chi connectivity index (χ0) is 21.3.